The number of nitrogens with zero attached hydrogens (tertiary/aromatic N) is 6. The van der Waals surface area contributed by atoms with E-state index in [9.17, 15) is 4.79 Å². The number of hydrogen-bond donors (Lipinski definition) is 0. The van der Waals surface area contributed by atoms with Gasteiger partial charge in [0.25, 0.3) is 5.91 Å². The van der Waals surface area contributed by atoms with Crippen LogP contribution in [-0.2, 0) is 13.5 Å². The summed E-state index contributed by atoms with van der Waals surface area (Å²) >= 11 is 0. The summed E-state index contributed by atoms with van der Waals surface area (Å²) in [6.07, 6.45) is 6.75. The predicted octanol–water partition coefficient (Wildman–Crippen LogP) is 2.19. The Bertz CT molecular complexity index is 957. The van der Waals surface area contributed by atoms with E-state index in [-0.39, 0.29) is 5.91 Å². The van der Waals surface area contributed by atoms with Gasteiger partial charge in [0.1, 0.15) is 12.1 Å². The number of carbonyl (C=O) groups excluding carboxylic acids is 1. The van der Waals surface area contributed by atoms with Crippen molar-refractivity contribution in [1.82, 2.24) is 29.8 Å². The average Bonchev–Trinajstić information content (AvgIpc) is 3.36. The Labute approximate surface area is 157 Å². The smallest absolute Gasteiger partial charge is 0.257 e. The van der Waals surface area contributed by atoms with Crippen molar-refractivity contribution in [3.63, 3.8) is 0 Å². The van der Waals surface area contributed by atoms with E-state index in [0.717, 1.165) is 54.3 Å². The number of aromatic nitrogens is 5. The molecule has 1 atom stereocenters. The van der Waals surface area contributed by atoms with Gasteiger partial charge in [-0.05, 0) is 38.7 Å². The predicted molar refractivity (Wildman–Crippen MR) is 97.9 cm³/mol. The molecule has 1 aliphatic heterocycles. The molecule has 8 nitrogen and oxygen atoms in total. The number of rotatable bonds is 4. The summed E-state index contributed by atoms with van der Waals surface area (Å²) in [4.78, 5) is 23.3. The molecule has 0 saturated carbocycles. The van der Waals surface area contributed by atoms with Crippen molar-refractivity contribution in [3.8, 4) is 11.3 Å². The lowest BCUT2D eigenvalue weighted by atomic mass is 10.0. The van der Waals surface area contributed by atoms with E-state index in [0.29, 0.717) is 11.5 Å². The molecule has 1 saturated heterocycles. The van der Waals surface area contributed by atoms with Crippen LogP contribution >= 0.6 is 0 Å². The van der Waals surface area contributed by atoms with Gasteiger partial charge in [0.2, 0.25) is 0 Å². The van der Waals surface area contributed by atoms with Crippen molar-refractivity contribution in [3.05, 3.63) is 47.5 Å². The van der Waals surface area contributed by atoms with Gasteiger partial charge in [0.05, 0.1) is 28.7 Å². The maximum Gasteiger partial charge on any atom is 0.257 e. The molecule has 0 aliphatic carbocycles. The van der Waals surface area contributed by atoms with Crippen molar-refractivity contribution in [2.75, 3.05) is 13.1 Å². The molecule has 0 N–H and O–H groups in total. The molecule has 0 aromatic carbocycles. The number of likely N-dealkylation sites (tertiary alicyclic amines) is 1. The first-order chi connectivity index (χ1) is 13.0. The summed E-state index contributed by atoms with van der Waals surface area (Å²) in [6.45, 7) is 5.29. The second-order valence-corrected chi connectivity index (χ2v) is 7.11. The van der Waals surface area contributed by atoms with Gasteiger partial charge >= 0.3 is 0 Å². The molecular formula is C19H22N6O2. The minimum Gasteiger partial charge on any atom is -0.361 e. The van der Waals surface area contributed by atoms with Crippen molar-refractivity contribution in [2.45, 2.75) is 26.7 Å². The Balaban J connectivity index is 1.45. The van der Waals surface area contributed by atoms with Crippen LogP contribution < -0.4 is 0 Å². The third-order valence-electron chi connectivity index (χ3n) is 5.04. The molecule has 1 amide bonds. The molecule has 140 valence electrons. The molecule has 1 aliphatic rings. The molecule has 3 aromatic rings. The summed E-state index contributed by atoms with van der Waals surface area (Å²) in [7, 11) is 1.81. The Morgan fingerprint density at radius 2 is 2.19 bits per heavy atom. The van der Waals surface area contributed by atoms with E-state index in [1.165, 1.54) is 0 Å². The van der Waals surface area contributed by atoms with Crippen molar-refractivity contribution in [1.29, 1.82) is 0 Å². The highest BCUT2D eigenvalue weighted by atomic mass is 16.5. The zero-order chi connectivity index (χ0) is 19.0. The molecule has 27 heavy (non-hydrogen) atoms. The minimum atomic E-state index is 0.0460. The molecule has 4 heterocycles. The van der Waals surface area contributed by atoms with Gasteiger partial charge in [-0.15, -0.1) is 0 Å². The van der Waals surface area contributed by atoms with Crippen molar-refractivity contribution < 1.29 is 9.32 Å². The quantitative estimate of drug-likeness (QED) is 0.703. The minimum absolute atomic E-state index is 0.0460. The summed E-state index contributed by atoms with van der Waals surface area (Å²) in [6, 6.07) is 2.00. The fraction of sp³-hybridized carbons (Fsp3) is 0.421. The highest BCUT2D eigenvalue weighted by molar-refractivity contribution is 5.93. The van der Waals surface area contributed by atoms with Gasteiger partial charge in [-0.25, -0.2) is 9.97 Å². The molecule has 3 aromatic heterocycles. The van der Waals surface area contributed by atoms with Gasteiger partial charge < -0.3 is 9.42 Å². The second kappa shape index (κ2) is 6.94. The topological polar surface area (TPSA) is 89.9 Å². The van der Waals surface area contributed by atoms with Gasteiger partial charge in [-0.1, -0.05) is 5.16 Å². The fourth-order valence-corrected chi connectivity index (χ4v) is 3.69. The fourth-order valence-electron chi connectivity index (χ4n) is 3.69. The van der Waals surface area contributed by atoms with Crippen molar-refractivity contribution in [2.24, 2.45) is 13.0 Å². The first-order valence-corrected chi connectivity index (χ1v) is 9.03. The molecule has 1 fully saturated rings. The highest BCUT2D eigenvalue weighted by Gasteiger charge is 2.28. The average molecular weight is 366 g/mol. The van der Waals surface area contributed by atoms with E-state index in [1.807, 2.05) is 31.9 Å². The number of aryl methyl sites for hydroxylation is 3. The van der Waals surface area contributed by atoms with Gasteiger partial charge in [-0.3, -0.25) is 9.48 Å². The molecule has 4 rings (SSSR count). The SMILES string of the molecule is Cc1noc(C)c1-c1cc(C[C@@H]2CCN(C(=O)c3cnn(C)c3)C2)ncn1. The van der Waals surface area contributed by atoms with Crippen LogP contribution in [-0.4, -0.2) is 48.8 Å². The van der Waals surface area contributed by atoms with Crippen LogP contribution in [0.25, 0.3) is 11.3 Å². The third-order valence-corrected chi connectivity index (χ3v) is 5.04. The molecule has 0 bridgehead atoms. The summed E-state index contributed by atoms with van der Waals surface area (Å²) in [5.74, 6) is 1.19. The van der Waals surface area contributed by atoms with E-state index in [2.05, 4.69) is 20.2 Å². The monoisotopic (exact) mass is 366 g/mol. The highest BCUT2D eigenvalue weighted by Crippen LogP contribution is 2.27. The Morgan fingerprint density at radius 3 is 2.89 bits per heavy atom. The maximum atomic E-state index is 12.6. The normalized spacial score (nSPS) is 16.9. The van der Waals surface area contributed by atoms with Crippen LogP contribution in [0.3, 0.4) is 0 Å². The largest absolute Gasteiger partial charge is 0.361 e. The second-order valence-electron chi connectivity index (χ2n) is 7.11. The zero-order valence-electron chi connectivity index (χ0n) is 15.7. The molecular weight excluding hydrogens is 344 g/mol. The zero-order valence-corrected chi connectivity index (χ0v) is 15.7. The van der Waals surface area contributed by atoms with Crippen LogP contribution in [0.5, 0.6) is 0 Å². The van der Waals surface area contributed by atoms with E-state index in [4.69, 9.17) is 4.52 Å². The van der Waals surface area contributed by atoms with Crippen LogP contribution in [0.15, 0.2) is 29.3 Å². The van der Waals surface area contributed by atoms with Crippen LogP contribution in [0, 0.1) is 19.8 Å². The molecule has 8 heteroatoms. The van der Waals surface area contributed by atoms with Crippen LogP contribution in [0.2, 0.25) is 0 Å². The standard InChI is InChI=1S/C19H22N6O2/c1-12-18(13(2)27-23-12)17-7-16(20-11-21-17)6-14-4-5-25(9-14)19(26)15-8-22-24(3)10-15/h7-8,10-11,14H,4-6,9H2,1-3H3/t14-/m0/s1. The maximum absolute atomic E-state index is 12.6. The van der Waals surface area contributed by atoms with E-state index in [1.54, 1.807) is 23.4 Å². The summed E-state index contributed by atoms with van der Waals surface area (Å²) in [5.41, 5.74) is 4.20. The summed E-state index contributed by atoms with van der Waals surface area (Å²) in [5, 5.41) is 8.08. The number of amides is 1. The Kier molecular flexibility index (Phi) is 4.47. The van der Waals surface area contributed by atoms with Crippen molar-refractivity contribution >= 4 is 5.91 Å². The van der Waals surface area contributed by atoms with Gasteiger partial charge in [0, 0.05) is 32.0 Å². The number of carbonyl (C=O) groups is 1. The molecule has 0 spiro atoms. The van der Waals surface area contributed by atoms with Gasteiger partial charge in [-0.2, -0.15) is 5.10 Å². The summed E-state index contributed by atoms with van der Waals surface area (Å²) < 4.78 is 6.90. The van der Waals surface area contributed by atoms with E-state index >= 15 is 0 Å². The first kappa shape index (κ1) is 17.4. The molecule has 0 unspecified atom stereocenters. The lowest BCUT2D eigenvalue weighted by Crippen LogP contribution is -2.28. The third kappa shape index (κ3) is 3.47. The van der Waals surface area contributed by atoms with Gasteiger partial charge in [0.15, 0.2) is 0 Å². The van der Waals surface area contributed by atoms with Crippen LogP contribution in [0.4, 0.5) is 0 Å². The lowest BCUT2D eigenvalue weighted by Gasteiger charge is -2.15. The van der Waals surface area contributed by atoms with Crippen LogP contribution in [0.1, 0.15) is 33.9 Å². The Morgan fingerprint density at radius 1 is 1.33 bits per heavy atom. The Hall–Kier alpha value is -3.03. The lowest BCUT2D eigenvalue weighted by molar-refractivity contribution is 0.0787. The molecule has 0 radical (unpaired) electrons. The number of hydrogen-bond acceptors (Lipinski definition) is 6. The first-order valence-electron chi connectivity index (χ1n) is 9.03. The van der Waals surface area contributed by atoms with E-state index < -0.39 is 0 Å².